The molecule has 1 unspecified atom stereocenters. The Morgan fingerprint density at radius 3 is 2.68 bits per heavy atom. The number of carbonyl (C=O) groups is 1. The summed E-state index contributed by atoms with van der Waals surface area (Å²) < 4.78 is 0. The SMILES string of the molecule is CCCNC(=O)CN=C(NCC)N1CCC(Cc2ccccc2)C1.I. The number of hydrogen-bond donors (Lipinski definition) is 2. The van der Waals surface area contributed by atoms with Crippen molar-refractivity contribution in [2.75, 3.05) is 32.7 Å². The van der Waals surface area contributed by atoms with Gasteiger partial charge in [0.2, 0.25) is 5.91 Å². The lowest BCUT2D eigenvalue weighted by molar-refractivity contribution is -0.119. The van der Waals surface area contributed by atoms with Crippen LogP contribution in [0.1, 0.15) is 32.3 Å². The van der Waals surface area contributed by atoms with Gasteiger partial charge in [-0.2, -0.15) is 0 Å². The molecule has 1 amide bonds. The fraction of sp³-hybridized carbons (Fsp3) is 0.579. The Hall–Kier alpha value is -1.31. The second-order valence-electron chi connectivity index (χ2n) is 6.31. The Morgan fingerprint density at radius 2 is 2.00 bits per heavy atom. The highest BCUT2D eigenvalue weighted by Crippen LogP contribution is 2.20. The molecular formula is C19H31IN4O. The number of nitrogens with zero attached hydrogens (tertiary/aromatic N) is 2. The Morgan fingerprint density at radius 1 is 1.24 bits per heavy atom. The van der Waals surface area contributed by atoms with Gasteiger partial charge in [-0.05, 0) is 37.7 Å². The van der Waals surface area contributed by atoms with Crippen LogP contribution in [0.5, 0.6) is 0 Å². The van der Waals surface area contributed by atoms with Crippen molar-refractivity contribution in [3.05, 3.63) is 35.9 Å². The van der Waals surface area contributed by atoms with Crippen LogP contribution in [-0.2, 0) is 11.2 Å². The van der Waals surface area contributed by atoms with E-state index in [-0.39, 0.29) is 36.4 Å². The molecule has 0 saturated carbocycles. The smallest absolute Gasteiger partial charge is 0.241 e. The van der Waals surface area contributed by atoms with E-state index in [4.69, 9.17) is 0 Å². The third-order valence-corrected chi connectivity index (χ3v) is 4.23. The lowest BCUT2D eigenvalue weighted by Gasteiger charge is -2.21. The molecule has 0 aliphatic carbocycles. The average Bonchev–Trinajstić information content (AvgIpc) is 3.06. The molecule has 1 aliphatic heterocycles. The molecule has 0 aromatic heterocycles. The molecule has 0 bridgehead atoms. The second-order valence-corrected chi connectivity index (χ2v) is 6.31. The van der Waals surface area contributed by atoms with Crippen molar-refractivity contribution in [3.63, 3.8) is 0 Å². The number of amides is 1. The van der Waals surface area contributed by atoms with Gasteiger partial charge in [0.15, 0.2) is 5.96 Å². The Kier molecular flexibility index (Phi) is 10.5. The first-order valence-electron chi connectivity index (χ1n) is 9.06. The average molecular weight is 458 g/mol. The molecule has 5 nitrogen and oxygen atoms in total. The van der Waals surface area contributed by atoms with Gasteiger partial charge in [-0.15, -0.1) is 24.0 Å². The molecule has 0 radical (unpaired) electrons. The minimum Gasteiger partial charge on any atom is -0.357 e. The topological polar surface area (TPSA) is 56.7 Å². The third kappa shape index (κ3) is 7.63. The molecular weight excluding hydrogens is 427 g/mol. The molecule has 2 N–H and O–H groups in total. The standard InChI is InChI=1S/C19H30N4O.HI/c1-3-11-21-18(24)14-22-19(20-4-2)23-12-10-17(15-23)13-16-8-6-5-7-9-16;/h5-9,17H,3-4,10-15H2,1-2H3,(H,20,22)(H,21,24);1H. The highest BCUT2D eigenvalue weighted by atomic mass is 127. The predicted molar refractivity (Wildman–Crippen MR) is 115 cm³/mol. The van der Waals surface area contributed by atoms with Gasteiger partial charge in [0.25, 0.3) is 0 Å². The quantitative estimate of drug-likeness (QED) is 0.375. The van der Waals surface area contributed by atoms with E-state index < -0.39 is 0 Å². The number of rotatable bonds is 7. The molecule has 6 heteroatoms. The summed E-state index contributed by atoms with van der Waals surface area (Å²) in [4.78, 5) is 18.6. The summed E-state index contributed by atoms with van der Waals surface area (Å²) in [6, 6.07) is 10.6. The number of likely N-dealkylation sites (tertiary alicyclic amines) is 1. The van der Waals surface area contributed by atoms with E-state index in [0.717, 1.165) is 38.4 Å². The van der Waals surface area contributed by atoms with Gasteiger partial charge in [0, 0.05) is 26.2 Å². The van der Waals surface area contributed by atoms with Gasteiger partial charge < -0.3 is 15.5 Å². The summed E-state index contributed by atoms with van der Waals surface area (Å²) in [7, 11) is 0. The van der Waals surface area contributed by atoms with E-state index in [1.807, 2.05) is 6.92 Å². The van der Waals surface area contributed by atoms with Gasteiger partial charge in [0.1, 0.15) is 6.54 Å². The summed E-state index contributed by atoms with van der Waals surface area (Å²) >= 11 is 0. The van der Waals surface area contributed by atoms with Crippen LogP contribution in [0.3, 0.4) is 0 Å². The predicted octanol–water partition coefficient (Wildman–Crippen LogP) is 2.66. The summed E-state index contributed by atoms with van der Waals surface area (Å²) in [6.45, 7) is 7.83. The van der Waals surface area contributed by atoms with Crippen LogP contribution in [0.15, 0.2) is 35.3 Å². The van der Waals surface area contributed by atoms with Gasteiger partial charge in [-0.25, -0.2) is 4.99 Å². The largest absolute Gasteiger partial charge is 0.357 e. The number of nitrogens with one attached hydrogen (secondary N) is 2. The zero-order chi connectivity index (χ0) is 17.2. The molecule has 1 saturated heterocycles. The molecule has 0 spiro atoms. The molecule has 1 aliphatic rings. The summed E-state index contributed by atoms with van der Waals surface area (Å²) in [5, 5.41) is 6.19. The monoisotopic (exact) mass is 458 g/mol. The maximum absolute atomic E-state index is 11.8. The van der Waals surface area contributed by atoms with Crippen molar-refractivity contribution in [1.29, 1.82) is 0 Å². The highest BCUT2D eigenvalue weighted by Gasteiger charge is 2.25. The first-order chi connectivity index (χ1) is 11.7. The summed E-state index contributed by atoms with van der Waals surface area (Å²) in [6.07, 6.45) is 3.22. The normalized spacial score (nSPS) is 17.1. The van der Waals surface area contributed by atoms with Crippen LogP contribution in [0.25, 0.3) is 0 Å². The lowest BCUT2D eigenvalue weighted by atomic mass is 9.99. The van der Waals surface area contributed by atoms with Crippen LogP contribution < -0.4 is 10.6 Å². The Labute approximate surface area is 168 Å². The van der Waals surface area contributed by atoms with E-state index in [1.54, 1.807) is 0 Å². The minimum absolute atomic E-state index is 0. The number of halogens is 1. The van der Waals surface area contributed by atoms with E-state index in [1.165, 1.54) is 12.0 Å². The van der Waals surface area contributed by atoms with Crippen LogP contribution in [0, 0.1) is 5.92 Å². The van der Waals surface area contributed by atoms with Gasteiger partial charge in [-0.1, -0.05) is 37.3 Å². The molecule has 2 rings (SSSR count). The molecule has 1 fully saturated rings. The van der Waals surface area contributed by atoms with Crippen LogP contribution in [0.2, 0.25) is 0 Å². The van der Waals surface area contributed by atoms with E-state index >= 15 is 0 Å². The van der Waals surface area contributed by atoms with Crippen molar-refractivity contribution in [1.82, 2.24) is 15.5 Å². The molecule has 25 heavy (non-hydrogen) atoms. The molecule has 1 aromatic rings. The van der Waals surface area contributed by atoms with Crippen molar-refractivity contribution in [2.24, 2.45) is 10.9 Å². The Bertz CT molecular complexity index is 535. The first kappa shape index (κ1) is 21.7. The van der Waals surface area contributed by atoms with Crippen molar-refractivity contribution in [2.45, 2.75) is 33.1 Å². The molecule has 1 atom stereocenters. The Balaban J connectivity index is 0.00000312. The highest BCUT2D eigenvalue weighted by molar-refractivity contribution is 14.0. The second kappa shape index (κ2) is 12.1. The lowest BCUT2D eigenvalue weighted by Crippen LogP contribution is -2.41. The van der Waals surface area contributed by atoms with Crippen LogP contribution in [0.4, 0.5) is 0 Å². The van der Waals surface area contributed by atoms with Crippen molar-refractivity contribution < 1.29 is 4.79 Å². The molecule has 1 aromatic carbocycles. The number of carbonyl (C=O) groups excluding carboxylic acids is 1. The maximum Gasteiger partial charge on any atom is 0.241 e. The maximum atomic E-state index is 11.8. The molecule has 1 heterocycles. The van der Waals surface area contributed by atoms with E-state index in [2.05, 4.69) is 57.8 Å². The third-order valence-electron chi connectivity index (χ3n) is 4.23. The summed E-state index contributed by atoms with van der Waals surface area (Å²) in [5.74, 6) is 1.50. The fourth-order valence-corrected chi connectivity index (χ4v) is 3.03. The minimum atomic E-state index is -0.00714. The number of aliphatic imine (C=N–C) groups is 1. The van der Waals surface area contributed by atoms with Gasteiger partial charge >= 0.3 is 0 Å². The van der Waals surface area contributed by atoms with Gasteiger partial charge in [0.05, 0.1) is 0 Å². The number of hydrogen-bond acceptors (Lipinski definition) is 2. The summed E-state index contributed by atoms with van der Waals surface area (Å²) in [5.41, 5.74) is 1.39. The number of benzene rings is 1. The number of guanidine groups is 1. The zero-order valence-electron chi connectivity index (χ0n) is 15.3. The van der Waals surface area contributed by atoms with E-state index in [9.17, 15) is 4.79 Å². The zero-order valence-corrected chi connectivity index (χ0v) is 17.7. The van der Waals surface area contributed by atoms with Crippen LogP contribution >= 0.6 is 24.0 Å². The van der Waals surface area contributed by atoms with Crippen LogP contribution in [-0.4, -0.2) is 49.5 Å². The van der Waals surface area contributed by atoms with Crippen molar-refractivity contribution in [3.8, 4) is 0 Å². The molecule has 140 valence electrons. The first-order valence-corrected chi connectivity index (χ1v) is 9.06. The van der Waals surface area contributed by atoms with Gasteiger partial charge in [-0.3, -0.25) is 4.79 Å². The van der Waals surface area contributed by atoms with E-state index in [0.29, 0.717) is 12.5 Å². The fourth-order valence-electron chi connectivity index (χ4n) is 3.03. The van der Waals surface area contributed by atoms with Crippen molar-refractivity contribution >= 4 is 35.8 Å².